The molecule has 0 aliphatic rings. The number of amides is 5. The van der Waals surface area contributed by atoms with Crippen LogP contribution in [0, 0.1) is 13.8 Å². The van der Waals surface area contributed by atoms with Crippen molar-refractivity contribution in [2.45, 2.75) is 66.3 Å². The number of fused-ring (bicyclic) bond motifs is 2. The van der Waals surface area contributed by atoms with E-state index in [1.54, 1.807) is 69.9 Å². The number of hydrogen-bond acceptors (Lipinski definition) is 13. The number of carbonyl (C=O) groups excluding carboxylic acids is 5. The zero-order valence-corrected chi connectivity index (χ0v) is 39.4. The fraction of sp³-hybridized carbons (Fsp3) is 0.372. The predicted octanol–water partition coefficient (Wildman–Crippen LogP) is 2.20. The van der Waals surface area contributed by atoms with Crippen LogP contribution < -0.4 is 32.6 Å². The Bertz CT molecular complexity index is 2740. The van der Waals surface area contributed by atoms with E-state index in [0.29, 0.717) is 76.8 Å². The minimum atomic E-state index is -0.799. The molecule has 0 saturated carbocycles. The van der Waals surface area contributed by atoms with Crippen molar-refractivity contribution in [1.29, 1.82) is 0 Å². The Morgan fingerprint density at radius 2 is 1.33 bits per heavy atom. The van der Waals surface area contributed by atoms with Gasteiger partial charge in [-0.15, -0.1) is 0 Å². The van der Waals surface area contributed by atoms with Crippen LogP contribution in [-0.4, -0.2) is 125 Å². The van der Waals surface area contributed by atoms with Crippen molar-refractivity contribution in [3.8, 4) is 5.75 Å². The number of benzene rings is 2. The fourth-order valence-electron chi connectivity index (χ4n) is 6.91. The molecule has 4 heterocycles. The van der Waals surface area contributed by atoms with Gasteiger partial charge < -0.3 is 45.8 Å². The number of rotatable bonds is 19. The number of imidazole rings is 2. The van der Waals surface area contributed by atoms with E-state index < -0.39 is 29.7 Å². The van der Waals surface area contributed by atoms with E-state index in [1.807, 2.05) is 32.9 Å². The van der Waals surface area contributed by atoms with E-state index in [-0.39, 0.29) is 69.0 Å². The Labute approximate surface area is 394 Å². The zero-order valence-electron chi connectivity index (χ0n) is 37.8. The Morgan fingerprint density at radius 1 is 0.803 bits per heavy atom. The maximum Gasteiger partial charge on any atom is 0.276 e. The van der Waals surface area contributed by atoms with Crippen LogP contribution in [-0.2, 0) is 56.1 Å². The van der Waals surface area contributed by atoms with Crippen LogP contribution >= 0.6 is 0 Å². The summed E-state index contributed by atoms with van der Waals surface area (Å²) in [5.74, 6) is -1.53. The summed E-state index contributed by atoms with van der Waals surface area (Å²) in [7, 11) is 4.74. The molecule has 5 amide bonds. The molecule has 356 valence electrons. The number of primary amides is 2. The smallest absolute Gasteiger partial charge is 0.276 e. The number of nitrogens with zero attached hydrogens (tertiary/aromatic N) is 9. The second-order valence-corrected chi connectivity index (χ2v) is 14.8. The molecule has 1 atom stereocenters. The van der Waals surface area contributed by atoms with Gasteiger partial charge in [-0.2, -0.15) is 10.2 Å². The summed E-state index contributed by atoms with van der Waals surface area (Å²) in [6.45, 7) is 9.74. The second kappa shape index (κ2) is 23.4. The largest absolute Gasteiger partial charge is 0.494 e. The maximum absolute atomic E-state index is 13.5. The van der Waals surface area contributed by atoms with Crippen LogP contribution in [0.1, 0.15) is 73.3 Å². The molecule has 0 fully saturated rings. The van der Waals surface area contributed by atoms with Crippen molar-refractivity contribution in [3.05, 3.63) is 88.5 Å². The summed E-state index contributed by atoms with van der Waals surface area (Å²) in [5, 5.41) is 23.2. The number of hydrogen-bond donors (Lipinski definition) is 6. The first-order valence-corrected chi connectivity index (χ1v) is 20.7. The van der Waals surface area contributed by atoms with Gasteiger partial charge in [0.1, 0.15) is 28.7 Å². The first-order chi connectivity index (χ1) is 31.0. The monoisotopic (exact) mass is 1000 g/mol. The summed E-state index contributed by atoms with van der Waals surface area (Å²) >= 11 is 0. The molecule has 0 aliphatic heterocycles. The molecule has 22 nitrogen and oxygen atoms in total. The number of aliphatic hydroxyl groups is 1. The first-order valence-electron chi connectivity index (χ1n) is 20.7. The van der Waals surface area contributed by atoms with E-state index in [0.717, 1.165) is 6.42 Å². The summed E-state index contributed by atoms with van der Waals surface area (Å²) in [6.07, 6.45) is 4.48. The third-order valence-electron chi connectivity index (χ3n) is 10.1. The number of ether oxygens (including phenoxy) is 2. The minimum Gasteiger partial charge on any atom is -0.494 e. The SMILES string of the molecule is CCn1nc(C)cc1C(=O)Nc1nc2cc(C(N)=O)ccc2n1C/C=C/Cn1c(NC(=O)c2cc(C)nn2CC)nc2cc(C(N)=O)cc(OC)c21.COCCCN(C)C(=O)C(N)CO.[Pd]. The van der Waals surface area contributed by atoms with Gasteiger partial charge in [0.2, 0.25) is 29.6 Å². The van der Waals surface area contributed by atoms with E-state index in [2.05, 4.69) is 30.8 Å². The topological polar surface area (TPSA) is 301 Å². The van der Waals surface area contributed by atoms with Crippen molar-refractivity contribution in [3.63, 3.8) is 0 Å². The number of anilines is 2. The summed E-state index contributed by atoms with van der Waals surface area (Å²) in [4.78, 5) is 73.0. The molecule has 0 bridgehead atoms. The number of aliphatic hydroxyl groups excluding tert-OH is 1. The van der Waals surface area contributed by atoms with Gasteiger partial charge in [0, 0.05) is 85.0 Å². The van der Waals surface area contributed by atoms with Crippen LogP contribution in [0.4, 0.5) is 11.9 Å². The number of methoxy groups -OCH3 is 2. The maximum atomic E-state index is 13.5. The Hall–Kier alpha value is -6.77. The van der Waals surface area contributed by atoms with Crippen LogP contribution in [0.15, 0.2) is 54.6 Å². The van der Waals surface area contributed by atoms with Gasteiger partial charge >= 0.3 is 0 Å². The molecule has 2 aromatic carbocycles. The van der Waals surface area contributed by atoms with Gasteiger partial charge in [-0.1, -0.05) is 12.2 Å². The normalized spacial score (nSPS) is 11.5. The standard InChI is InChI=1S/C35H38N12O5.C8H18N2O3.Pd/c1-6-46-26(14-19(3)42-46)32(50)40-34-38-23-16-21(30(36)48)10-11-25(23)44(34)12-8-9-13-45-29-24(17-22(31(37)49)18-28(29)52-5)39-35(45)41-33(51)27-15-20(4)43-47(27)7-2;1-10(4-3-5-13-2)8(12)7(9)6-11;/h8-11,14-18H,6-7,12-13H2,1-5H3,(H2,36,48)(H2,37,49)(H,38,40,50)(H,39,41,51);7,11H,3-6,9H2,1-2H3;/b9-8+;;. The zero-order chi connectivity index (χ0) is 47.5. The van der Waals surface area contributed by atoms with Crippen molar-refractivity contribution < 1.29 is 59.0 Å². The van der Waals surface area contributed by atoms with Crippen LogP contribution in [0.3, 0.4) is 0 Å². The van der Waals surface area contributed by atoms with Gasteiger partial charge in [-0.05, 0) is 76.6 Å². The molecular formula is C43H56N14O8Pd. The average molecular weight is 1000 g/mol. The van der Waals surface area contributed by atoms with E-state index in [4.69, 9.17) is 31.8 Å². The first kappa shape index (κ1) is 51.9. The van der Waals surface area contributed by atoms with Crippen molar-refractivity contribution in [2.24, 2.45) is 17.2 Å². The minimum absolute atomic E-state index is 0. The molecular weight excluding hydrogens is 947 g/mol. The Morgan fingerprint density at radius 3 is 1.85 bits per heavy atom. The van der Waals surface area contributed by atoms with Crippen molar-refractivity contribution >= 4 is 63.5 Å². The third-order valence-corrected chi connectivity index (χ3v) is 10.1. The Balaban J connectivity index is 0.000000593. The second-order valence-electron chi connectivity index (χ2n) is 14.8. The Kier molecular flexibility index (Phi) is 18.4. The fourth-order valence-corrected chi connectivity index (χ4v) is 6.91. The molecule has 1 unspecified atom stereocenters. The number of nitrogens with one attached hydrogen (secondary N) is 2. The number of aryl methyl sites for hydroxylation is 4. The number of aromatic nitrogens is 8. The third kappa shape index (κ3) is 12.1. The van der Waals surface area contributed by atoms with Crippen LogP contribution in [0.25, 0.3) is 22.1 Å². The molecule has 0 spiro atoms. The average Bonchev–Trinajstić information content (AvgIpc) is 4.06. The molecule has 0 saturated heterocycles. The quantitative estimate of drug-likeness (QED) is 0.0386. The molecule has 0 radical (unpaired) electrons. The van der Waals surface area contributed by atoms with E-state index in [1.165, 1.54) is 24.1 Å². The van der Waals surface area contributed by atoms with Gasteiger partial charge in [0.25, 0.3) is 11.8 Å². The van der Waals surface area contributed by atoms with Gasteiger partial charge in [0.05, 0.1) is 41.7 Å². The number of carbonyl (C=O) groups is 5. The van der Waals surface area contributed by atoms with E-state index >= 15 is 0 Å². The number of allylic oxidation sites excluding steroid dienone is 2. The van der Waals surface area contributed by atoms with Crippen LogP contribution in [0.5, 0.6) is 5.75 Å². The van der Waals surface area contributed by atoms with Gasteiger partial charge in [0.15, 0.2) is 0 Å². The van der Waals surface area contributed by atoms with E-state index in [9.17, 15) is 24.0 Å². The number of likely N-dealkylation sites (N-methyl/N-ethyl adjacent to an activating group) is 1. The predicted molar refractivity (Wildman–Crippen MR) is 243 cm³/mol. The molecule has 6 rings (SSSR count). The summed E-state index contributed by atoms with van der Waals surface area (Å²) in [6, 6.07) is 10.5. The molecule has 23 heteroatoms. The van der Waals surface area contributed by atoms with Crippen molar-refractivity contribution in [1.82, 2.24) is 43.6 Å². The van der Waals surface area contributed by atoms with Gasteiger partial charge in [-0.3, -0.25) is 44.0 Å². The molecule has 66 heavy (non-hydrogen) atoms. The van der Waals surface area contributed by atoms with Crippen LogP contribution in [0.2, 0.25) is 0 Å². The molecule has 6 aromatic rings. The van der Waals surface area contributed by atoms with Crippen molar-refractivity contribution in [2.75, 3.05) is 51.7 Å². The summed E-state index contributed by atoms with van der Waals surface area (Å²) < 4.78 is 17.2. The summed E-state index contributed by atoms with van der Waals surface area (Å²) in [5.41, 5.74) is 21.1. The molecule has 0 aliphatic carbocycles. The molecule has 9 N–H and O–H groups in total. The molecule has 4 aromatic heterocycles. The van der Waals surface area contributed by atoms with Gasteiger partial charge in [-0.25, -0.2) is 9.97 Å². The number of nitrogens with two attached hydrogens (primary N) is 3.